The fraction of sp³-hybridized carbons (Fsp3) is 0. The van der Waals surface area contributed by atoms with Crippen LogP contribution in [0.5, 0.6) is 0 Å². The summed E-state index contributed by atoms with van der Waals surface area (Å²) >= 11 is 0. The second-order valence-electron chi connectivity index (χ2n) is 2.02. The van der Waals surface area contributed by atoms with Crippen molar-refractivity contribution in [2.45, 2.75) is 0 Å². The number of aromatic nitrogens is 1. The molecule has 54 valence electrons. The van der Waals surface area contributed by atoms with Crippen molar-refractivity contribution in [2.75, 3.05) is 0 Å². The van der Waals surface area contributed by atoms with Crippen molar-refractivity contribution in [3.05, 3.63) is 43.1 Å². The van der Waals surface area contributed by atoms with Gasteiger partial charge in [0.1, 0.15) is 0 Å². The van der Waals surface area contributed by atoms with Crippen LogP contribution in [0, 0.1) is 6.92 Å². The highest BCUT2D eigenvalue weighted by atomic mass is 16.1. The Hall–Kier alpha value is -1.44. The third-order valence-corrected chi connectivity index (χ3v) is 1.15. The van der Waals surface area contributed by atoms with Gasteiger partial charge >= 0.3 is 0 Å². The van der Waals surface area contributed by atoms with Gasteiger partial charge in [-0.2, -0.15) is 0 Å². The van der Waals surface area contributed by atoms with Gasteiger partial charge in [-0.1, -0.05) is 6.08 Å². The number of carbonyl (C=O) groups is 1. The quantitative estimate of drug-likeness (QED) is 0.588. The molecular formula is C9H7NO. The summed E-state index contributed by atoms with van der Waals surface area (Å²) < 4.78 is 0. The number of rotatable bonds is 2. The minimum atomic E-state index is -0.443. The van der Waals surface area contributed by atoms with Crippen LogP contribution >= 0.6 is 0 Å². The standard InChI is InChI=1S/C9H7NO/c1-8(11)2-3-9-4-6-10-7-5-9/h1-7H/b3-2+. The van der Waals surface area contributed by atoms with E-state index in [4.69, 9.17) is 6.92 Å². The molecule has 0 saturated heterocycles. The van der Waals surface area contributed by atoms with Crippen molar-refractivity contribution >= 4 is 11.9 Å². The van der Waals surface area contributed by atoms with Crippen LogP contribution in [0.2, 0.25) is 0 Å². The normalized spacial score (nSPS) is 10.3. The topological polar surface area (TPSA) is 30.0 Å². The predicted octanol–water partition coefficient (Wildman–Crippen LogP) is 1.37. The molecule has 1 aromatic rings. The zero-order valence-corrected chi connectivity index (χ0v) is 5.90. The summed E-state index contributed by atoms with van der Waals surface area (Å²) in [6.07, 6.45) is 6.26. The van der Waals surface area contributed by atoms with Gasteiger partial charge in [-0.3, -0.25) is 9.78 Å². The summed E-state index contributed by atoms with van der Waals surface area (Å²) in [6, 6.07) is 3.58. The van der Waals surface area contributed by atoms with E-state index in [0.29, 0.717) is 0 Å². The maximum atomic E-state index is 10.3. The molecule has 1 heterocycles. The Kier molecular flexibility index (Phi) is 2.55. The Morgan fingerprint density at radius 3 is 2.64 bits per heavy atom. The summed E-state index contributed by atoms with van der Waals surface area (Å²) in [4.78, 5) is 14.1. The van der Waals surface area contributed by atoms with Crippen molar-refractivity contribution in [2.24, 2.45) is 0 Å². The van der Waals surface area contributed by atoms with Crippen molar-refractivity contribution in [3.63, 3.8) is 0 Å². The number of nitrogens with zero attached hydrogens (tertiary/aromatic N) is 1. The Morgan fingerprint density at radius 2 is 2.09 bits per heavy atom. The zero-order valence-electron chi connectivity index (χ0n) is 5.90. The average molecular weight is 145 g/mol. The number of allylic oxidation sites excluding steroid dienone is 1. The van der Waals surface area contributed by atoms with Crippen LogP contribution in [0.15, 0.2) is 30.6 Å². The molecule has 0 fully saturated rings. The first kappa shape index (κ1) is 7.66. The second-order valence-corrected chi connectivity index (χ2v) is 2.02. The van der Waals surface area contributed by atoms with Crippen LogP contribution < -0.4 is 0 Å². The van der Waals surface area contributed by atoms with Gasteiger partial charge in [-0.15, -0.1) is 0 Å². The molecule has 11 heavy (non-hydrogen) atoms. The number of hydrogen-bond acceptors (Lipinski definition) is 2. The van der Waals surface area contributed by atoms with Gasteiger partial charge in [-0.05, 0) is 23.8 Å². The van der Waals surface area contributed by atoms with E-state index in [1.54, 1.807) is 30.6 Å². The summed E-state index contributed by atoms with van der Waals surface area (Å²) in [7, 11) is 0. The van der Waals surface area contributed by atoms with E-state index >= 15 is 0 Å². The maximum Gasteiger partial charge on any atom is 0.160 e. The lowest BCUT2D eigenvalue weighted by molar-refractivity contribution is -0.110. The van der Waals surface area contributed by atoms with Crippen LogP contribution in [0.4, 0.5) is 0 Å². The summed E-state index contributed by atoms with van der Waals surface area (Å²) in [6.45, 7) is 4.90. The fourth-order valence-electron chi connectivity index (χ4n) is 0.653. The summed E-state index contributed by atoms with van der Waals surface area (Å²) in [5.41, 5.74) is 0.916. The third-order valence-electron chi connectivity index (χ3n) is 1.15. The van der Waals surface area contributed by atoms with Crippen molar-refractivity contribution < 1.29 is 4.79 Å². The Morgan fingerprint density at radius 1 is 1.45 bits per heavy atom. The Labute approximate surface area is 65.6 Å². The van der Waals surface area contributed by atoms with Crippen molar-refractivity contribution in [1.82, 2.24) is 4.98 Å². The Bertz CT molecular complexity index is 264. The van der Waals surface area contributed by atoms with E-state index in [-0.39, 0.29) is 0 Å². The molecule has 0 aliphatic rings. The van der Waals surface area contributed by atoms with Gasteiger partial charge in [0.15, 0.2) is 5.78 Å². The van der Waals surface area contributed by atoms with Crippen molar-refractivity contribution in [3.8, 4) is 0 Å². The molecule has 1 aromatic heterocycles. The van der Waals surface area contributed by atoms with E-state index in [1.807, 2.05) is 0 Å². The largest absolute Gasteiger partial charge is 0.294 e. The van der Waals surface area contributed by atoms with Gasteiger partial charge in [-0.25, -0.2) is 0 Å². The van der Waals surface area contributed by atoms with Gasteiger partial charge in [0.2, 0.25) is 0 Å². The van der Waals surface area contributed by atoms with E-state index in [1.165, 1.54) is 6.08 Å². The van der Waals surface area contributed by atoms with E-state index in [2.05, 4.69) is 4.98 Å². The monoisotopic (exact) mass is 145 g/mol. The van der Waals surface area contributed by atoms with Crippen molar-refractivity contribution in [1.29, 1.82) is 0 Å². The van der Waals surface area contributed by atoms with E-state index in [9.17, 15) is 4.79 Å². The first-order valence-corrected chi connectivity index (χ1v) is 3.16. The van der Waals surface area contributed by atoms with Gasteiger partial charge in [0, 0.05) is 19.3 Å². The molecule has 0 atom stereocenters. The van der Waals surface area contributed by atoms with Gasteiger partial charge < -0.3 is 0 Å². The average Bonchev–Trinajstić information content (AvgIpc) is 2.03. The number of pyridine rings is 1. The highest BCUT2D eigenvalue weighted by Crippen LogP contribution is 1.98. The minimum Gasteiger partial charge on any atom is -0.294 e. The molecule has 0 aromatic carbocycles. The van der Waals surface area contributed by atoms with Crippen LogP contribution in [-0.2, 0) is 4.79 Å². The molecule has 0 bridgehead atoms. The second kappa shape index (κ2) is 3.66. The zero-order chi connectivity index (χ0) is 8.10. The molecule has 0 N–H and O–H groups in total. The number of carbonyl (C=O) groups excluding carboxylic acids is 1. The van der Waals surface area contributed by atoms with Gasteiger partial charge in [0.05, 0.1) is 0 Å². The lowest BCUT2D eigenvalue weighted by Crippen LogP contribution is -1.80. The molecular weight excluding hydrogens is 138 g/mol. The lowest BCUT2D eigenvalue weighted by Gasteiger charge is -1.87. The molecule has 0 aliphatic carbocycles. The molecule has 0 aliphatic heterocycles. The highest BCUT2D eigenvalue weighted by molar-refractivity contribution is 5.96. The number of ketones is 1. The first-order chi connectivity index (χ1) is 5.29. The third kappa shape index (κ3) is 2.76. The molecule has 2 heteroatoms. The maximum absolute atomic E-state index is 10.3. The summed E-state index contributed by atoms with van der Waals surface area (Å²) in [5.74, 6) is -0.443. The molecule has 2 radical (unpaired) electrons. The minimum absolute atomic E-state index is 0.443. The van der Waals surface area contributed by atoms with Gasteiger partial charge in [0.25, 0.3) is 0 Å². The molecule has 1 rings (SSSR count). The summed E-state index contributed by atoms with van der Waals surface area (Å²) in [5, 5.41) is 0. The smallest absolute Gasteiger partial charge is 0.160 e. The molecule has 0 unspecified atom stereocenters. The van der Waals surface area contributed by atoms with E-state index in [0.717, 1.165) is 5.56 Å². The van der Waals surface area contributed by atoms with Crippen LogP contribution in [0.25, 0.3) is 6.08 Å². The van der Waals surface area contributed by atoms with Crippen LogP contribution in [-0.4, -0.2) is 10.8 Å². The first-order valence-electron chi connectivity index (χ1n) is 3.16. The SMILES string of the molecule is [CH]C(=O)/C=C/c1ccncc1. The number of hydrogen-bond donors (Lipinski definition) is 0. The molecule has 0 spiro atoms. The van der Waals surface area contributed by atoms with Crippen LogP contribution in [0.1, 0.15) is 5.56 Å². The fourth-order valence-corrected chi connectivity index (χ4v) is 0.653. The molecule has 0 amide bonds. The molecule has 0 saturated carbocycles. The highest BCUT2D eigenvalue weighted by Gasteiger charge is 1.84. The molecule has 2 nitrogen and oxygen atoms in total. The van der Waals surface area contributed by atoms with E-state index < -0.39 is 5.78 Å². The Balaban J connectivity index is 2.72. The predicted molar refractivity (Wildman–Crippen MR) is 42.6 cm³/mol. The van der Waals surface area contributed by atoms with Crippen LogP contribution in [0.3, 0.4) is 0 Å². The lowest BCUT2D eigenvalue weighted by atomic mass is 10.2.